The van der Waals surface area contributed by atoms with Crippen molar-refractivity contribution < 1.29 is 9.21 Å². The molecule has 0 unspecified atom stereocenters. The number of rotatable bonds is 3. The van der Waals surface area contributed by atoms with E-state index < -0.39 is 0 Å². The molecule has 22 heavy (non-hydrogen) atoms. The van der Waals surface area contributed by atoms with Crippen LogP contribution < -0.4 is 10.6 Å². The lowest BCUT2D eigenvalue weighted by molar-refractivity contribution is -0.120. The number of nitrogens with zero attached hydrogens (tertiary/aromatic N) is 1. The largest absolute Gasteiger partial charge is 0.441 e. The van der Waals surface area contributed by atoms with Crippen molar-refractivity contribution in [3.05, 3.63) is 24.1 Å². The lowest BCUT2D eigenvalue weighted by Crippen LogP contribution is -2.40. The van der Waals surface area contributed by atoms with Gasteiger partial charge < -0.3 is 15.1 Å². The summed E-state index contributed by atoms with van der Waals surface area (Å²) in [4.78, 5) is 16.7. The van der Waals surface area contributed by atoms with Crippen LogP contribution in [0.5, 0.6) is 0 Å². The highest BCUT2D eigenvalue weighted by Gasteiger charge is 2.24. The number of amides is 1. The van der Waals surface area contributed by atoms with E-state index in [-0.39, 0.29) is 24.2 Å². The number of aromatic nitrogens is 1. The van der Waals surface area contributed by atoms with Crippen LogP contribution >= 0.6 is 12.4 Å². The molecule has 1 aliphatic rings. The number of fused-ring (bicyclic) bond motifs is 1. The number of halogens is 1. The molecule has 5 nitrogen and oxygen atoms in total. The summed E-state index contributed by atoms with van der Waals surface area (Å²) in [5.74, 6) is 0.906. The number of benzene rings is 1. The van der Waals surface area contributed by atoms with Crippen molar-refractivity contribution in [1.29, 1.82) is 0 Å². The third-order valence-electron chi connectivity index (χ3n) is 4.00. The van der Waals surface area contributed by atoms with E-state index >= 15 is 0 Å². The number of carbonyl (C=O) groups excluding carboxylic acids is 1. The summed E-state index contributed by atoms with van der Waals surface area (Å²) in [5.41, 5.74) is 2.35. The molecule has 2 heterocycles. The van der Waals surface area contributed by atoms with E-state index in [0.29, 0.717) is 6.04 Å². The number of piperidine rings is 1. The molecule has 120 valence electrons. The lowest BCUT2D eigenvalue weighted by Gasteiger charge is -2.27. The van der Waals surface area contributed by atoms with Gasteiger partial charge in [0.05, 0.1) is 0 Å². The van der Waals surface area contributed by atoms with Crippen molar-refractivity contribution >= 4 is 35.1 Å². The van der Waals surface area contributed by atoms with Crippen LogP contribution in [0.2, 0.25) is 0 Å². The van der Waals surface area contributed by atoms with E-state index in [4.69, 9.17) is 4.42 Å². The highest BCUT2D eigenvalue weighted by Crippen LogP contribution is 2.22. The minimum atomic E-state index is 0. The number of nitrogens with one attached hydrogen (secondary N) is 2. The van der Waals surface area contributed by atoms with E-state index in [0.717, 1.165) is 48.5 Å². The number of aryl methyl sites for hydroxylation is 1. The molecule has 0 aliphatic carbocycles. The molecular formula is C16H22ClN3O2. The Balaban J connectivity index is 0.00000176. The van der Waals surface area contributed by atoms with Crippen LogP contribution in [0, 0.1) is 5.92 Å². The zero-order valence-corrected chi connectivity index (χ0v) is 13.7. The Morgan fingerprint density at radius 2 is 2.32 bits per heavy atom. The molecule has 6 heteroatoms. The predicted octanol–water partition coefficient (Wildman–Crippen LogP) is 3.14. The smallest absolute Gasteiger partial charge is 0.227 e. The minimum Gasteiger partial charge on any atom is -0.441 e. The fraction of sp³-hybridized carbons (Fsp3) is 0.500. The van der Waals surface area contributed by atoms with Gasteiger partial charge in [-0.1, -0.05) is 6.92 Å². The number of anilines is 1. The predicted molar refractivity (Wildman–Crippen MR) is 89.5 cm³/mol. The molecule has 2 atom stereocenters. The van der Waals surface area contributed by atoms with Gasteiger partial charge in [-0.05, 0) is 44.5 Å². The van der Waals surface area contributed by atoms with Gasteiger partial charge in [0, 0.05) is 24.1 Å². The second-order valence-electron chi connectivity index (χ2n) is 5.71. The first kappa shape index (κ1) is 16.8. The van der Waals surface area contributed by atoms with Crippen molar-refractivity contribution in [2.45, 2.75) is 39.2 Å². The van der Waals surface area contributed by atoms with Crippen LogP contribution in [-0.2, 0) is 11.2 Å². The Labute approximate surface area is 136 Å². The fourth-order valence-electron chi connectivity index (χ4n) is 2.82. The van der Waals surface area contributed by atoms with Crippen LogP contribution in [0.4, 0.5) is 5.69 Å². The van der Waals surface area contributed by atoms with Gasteiger partial charge >= 0.3 is 0 Å². The quantitative estimate of drug-likeness (QED) is 0.910. The number of carbonyl (C=O) groups is 1. The maximum absolute atomic E-state index is 12.3. The molecule has 2 N–H and O–H groups in total. The van der Waals surface area contributed by atoms with Gasteiger partial charge in [-0.25, -0.2) is 4.98 Å². The summed E-state index contributed by atoms with van der Waals surface area (Å²) in [7, 11) is 0. The van der Waals surface area contributed by atoms with Crippen molar-refractivity contribution in [3.8, 4) is 0 Å². The average molecular weight is 324 g/mol. The normalized spacial score (nSPS) is 21.4. The Kier molecular flexibility index (Phi) is 5.42. The van der Waals surface area contributed by atoms with Gasteiger partial charge in [-0.2, -0.15) is 0 Å². The Bertz CT molecular complexity index is 656. The standard InChI is InChI=1S/C16H21N3O2.ClH/c1-3-15-19-13-9-12(4-5-14(13)21-15)18-16(20)11-6-7-17-10(2)8-11;/h4-5,9-11,17H,3,6-8H2,1-2H3,(H,18,20);1H/t10-,11-;/m0./s1. The molecule has 0 spiro atoms. The third-order valence-corrected chi connectivity index (χ3v) is 4.00. The third kappa shape index (κ3) is 3.59. The molecule has 0 bridgehead atoms. The average Bonchev–Trinajstić information content (AvgIpc) is 2.89. The zero-order chi connectivity index (χ0) is 14.8. The van der Waals surface area contributed by atoms with Crippen molar-refractivity contribution in [2.75, 3.05) is 11.9 Å². The lowest BCUT2D eigenvalue weighted by atomic mass is 9.92. The van der Waals surface area contributed by atoms with E-state index in [1.165, 1.54) is 0 Å². The first-order valence-corrected chi connectivity index (χ1v) is 7.59. The van der Waals surface area contributed by atoms with Gasteiger partial charge in [0.25, 0.3) is 0 Å². The van der Waals surface area contributed by atoms with E-state index in [1.807, 2.05) is 25.1 Å². The summed E-state index contributed by atoms with van der Waals surface area (Å²) in [6.45, 7) is 5.03. The van der Waals surface area contributed by atoms with Crippen LogP contribution in [0.25, 0.3) is 11.1 Å². The molecule has 2 aromatic rings. The molecule has 1 fully saturated rings. The molecular weight excluding hydrogens is 302 g/mol. The summed E-state index contributed by atoms with van der Waals surface area (Å²) in [5, 5.41) is 6.36. The molecule has 1 amide bonds. The first-order valence-electron chi connectivity index (χ1n) is 7.59. The molecule has 0 radical (unpaired) electrons. The van der Waals surface area contributed by atoms with Crippen LogP contribution in [0.1, 0.15) is 32.6 Å². The monoisotopic (exact) mass is 323 g/mol. The Hall–Kier alpha value is -1.59. The highest BCUT2D eigenvalue weighted by atomic mass is 35.5. The Morgan fingerprint density at radius 3 is 3.05 bits per heavy atom. The zero-order valence-electron chi connectivity index (χ0n) is 12.9. The van der Waals surface area contributed by atoms with Crippen molar-refractivity contribution in [3.63, 3.8) is 0 Å². The van der Waals surface area contributed by atoms with Gasteiger partial charge in [0.1, 0.15) is 5.52 Å². The topological polar surface area (TPSA) is 67.2 Å². The first-order chi connectivity index (χ1) is 10.2. The fourth-order valence-corrected chi connectivity index (χ4v) is 2.82. The maximum atomic E-state index is 12.3. The SMILES string of the molecule is CCc1nc2cc(NC(=O)[C@H]3CCN[C@@H](C)C3)ccc2o1.Cl. The van der Waals surface area contributed by atoms with Crippen LogP contribution in [-0.4, -0.2) is 23.5 Å². The molecule has 1 aromatic heterocycles. The van der Waals surface area contributed by atoms with E-state index in [9.17, 15) is 4.79 Å². The summed E-state index contributed by atoms with van der Waals surface area (Å²) in [6.07, 6.45) is 2.55. The van der Waals surface area contributed by atoms with Crippen molar-refractivity contribution in [1.82, 2.24) is 10.3 Å². The molecule has 1 aliphatic heterocycles. The van der Waals surface area contributed by atoms with Crippen LogP contribution in [0.15, 0.2) is 22.6 Å². The molecule has 0 saturated carbocycles. The highest BCUT2D eigenvalue weighted by molar-refractivity contribution is 5.94. The van der Waals surface area contributed by atoms with Gasteiger partial charge in [-0.15, -0.1) is 12.4 Å². The second kappa shape index (κ2) is 7.11. The summed E-state index contributed by atoms with van der Waals surface area (Å²) < 4.78 is 5.58. The number of hydrogen-bond donors (Lipinski definition) is 2. The second-order valence-corrected chi connectivity index (χ2v) is 5.71. The van der Waals surface area contributed by atoms with Gasteiger partial charge in [-0.3, -0.25) is 4.79 Å². The van der Waals surface area contributed by atoms with Gasteiger partial charge in [0.15, 0.2) is 11.5 Å². The maximum Gasteiger partial charge on any atom is 0.227 e. The number of hydrogen-bond acceptors (Lipinski definition) is 4. The van der Waals surface area contributed by atoms with E-state index in [1.54, 1.807) is 0 Å². The summed E-state index contributed by atoms with van der Waals surface area (Å²) in [6, 6.07) is 6.01. The van der Waals surface area contributed by atoms with E-state index in [2.05, 4.69) is 22.5 Å². The van der Waals surface area contributed by atoms with Crippen LogP contribution in [0.3, 0.4) is 0 Å². The Morgan fingerprint density at radius 1 is 1.50 bits per heavy atom. The van der Waals surface area contributed by atoms with Gasteiger partial charge in [0.2, 0.25) is 5.91 Å². The minimum absolute atomic E-state index is 0. The summed E-state index contributed by atoms with van der Waals surface area (Å²) >= 11 is 0. The van der Waals surface area contributed by atoms with Crippen molar-refractivity contribution in [2.24, 2.45) is 5.92 Å². The number of oxazole rings is 1. The molecule has 1 saturated heterocycles. The molecule has 1 aromatic carbocycles. The molecule has 3 rings (SSSR count).